The van der Waals surface area contributed by atoms with Crippen molar-refractivity contribution >= 4 is 0 Å². The highest BCUT2D eigenvalue weighted by molar-refractivity contribution is 4.73. The van der Waals surface area contributed by atoms with E-state index >= 15 is 0 Å². The Morgan fingerprint density at radius 2 is 1.56 bits per heavy atom. The Morgan fingerprint density at radius 1 is 0.875 bits per heavy atom. The Labute approximate surface area is 104 Å². The Morgan fingerprint density at radius 3 is 2.00 bits per heavy atom. The average Bonchev–Trinajstić information content (AvgIpc) is 2.25. The van der Waals surface area contributed by atoms with Crippen LogP contribution in [0.5, 0.6) is 0 Å². The molecule has 0 rings (SSSR count). The van der Waals surface area contributed by atoms with Crippen molar-refractivity contribution in [2.45, 2.75) is 79.1 Å². The minimum atomic E-state index is 0.833. The molecule has 0 bridgehead atoms. The highest BCUT2D eigenvalue weighted by Gasteiger charge is 2.22. The summed E-state index contributed by atoms with van der Waals surface area (Å²) in [6.07, 6.45) is 10.8. The Kier molecular flexibility index (Phi) is 10.2. The largest absolute Gasteiger partial charge is 0.0654 e. The zero-order chi connectivity index (χ0) is 12.4. The van der Waals surface area contributed by atoms with Crippen molar-refractivity contribution < 1.29 is 0 Å². The quantitative estimate of drug-likeness (QED) is 0.408. The zero-order valence-corrected chi connectivity index (χ0v) is 12.1. The fourth-order valence-electron chi connectivity index (χ4n) is 2.95. The molecule has 0 aromatic carbocycles. The van der Waals surface area contributed by atoms with E-state index in [2.05, 4.69) is 34.6 Å². The van der Waals surface area contributed by atoms with E-state index in [9.17, 15) is 0 Å². The fraction of sp³-hybridized carbons (Fsp3) is 0.938. The molecule has 0 saturated heterocycles. The summed E-state index contributed by atoms with van der Waals surface area (Å²) in [5.41, 5.74) is 0. The molecule has 0 nitrogen and oxygen atoms in total. The highest BCUT2D eigenvalue weighted by Crippen LogP contribution is 2.32. The first-order valence-electron chi connectivity index (χ1n) is 7.46. The van der Waals surface area contributed by atoms with Gasteiger partial charge in [-0.3, -0.25) is 0 Å². The van der Waals surface area contributed by atoms with Crippen LogP contribution in [0.25, 0.3) is 0 Å². The molecule has 0 N–H and O–H groups in total. The van der Waals surface area contributed by atoms with Crippen molar-refractivity contribution in [3.8, 4) is 0 Å². The standard InChI is InChI=1S/C16H33/c1-6-9-10-13-15(11-7-2)16(12-8-3)14(4)5/h14-16H,3,6-13H2,1-2,4-5H3. The van der Waals surface area contributed by atoms with Crippen molar-refractivity contribution in [3.05, 3.63) is 6.92 Å². The molecule has 0 aromatic rings. The molecule has 0 aliphatic rings. The molecule has 2 unspecified atom stereocenters. The topological polar surface area (TPSA) is 0 Å². The first-order valence-corrected chi connectivity index (χ1v) is 7.46. The maximum Gasteiger partial charge on any atom is -0.0363 e. The van der Waals surface area contributed by atoms with Gasteiger partial charge in [-0.15, -0.1) is 0 Å². The van der Waals surface area contributed by atoms with Crippen LogP contribution in [0.3, 0.4) is 0 Å². The normalized spacial score (nSPS) is 15.4. The summed E-state index contributed by atoms with van der Waals surface area (Å²) >= 11 is 0. The van der Waals surface area contributed by atoms with Crippen molar-refractivity contribution in [2.75, 3.05) is 0 Å². The van der Waals surface area contributed by atoms with Gasteiger partial charge in [0.25, 0.3) is 0 Å². The second-order valence-electron chi connectivity index (χ2n) is 5.59. The van der Waals surface area contributed by atoms with Crippen LogP contribution < -0.4 is 0 Å². The summed E-state index contributed by atoms with van der Waals surface area (Å²) in [5.74, 6) is 2.70. The smallest absolute Gasteiger partial charge is 0.0363 e. The van der Waals surface area contributed by atoms with Crippen LogP contribution in [0.4, 0.5) is 0 Å². The first-order chi connectivity index (χ1) is 7.67. The van der Waals surface area contributed by atoms with E-state index in [1.165, 1.54) is 44.9 Å². The SMILES string of the molecule is [CH2]CCC(C(C)C)C(CCC)CCCCC. The van der Waals surface area contributed by atoms with E-state index in [0.717, 1.165) is 24.2 Å². The van der Waals surface area contributed by atoms with E-state index in [-0.39, 0.29) is 0 Å². The lowest BCUT2D eigenvalue weighted by molar-refractivity contribution is 0.208. The second kappa shape index (κ2) is 10.2. The molecule has 0 aliphatic heterocycles. The number of unbranched alkanes of at least 4 members (excludes halogenated alkanes) is 2. The van der Waals surface area contributed by atoms with Gasteiger partial charge in [0, 0.05) is 0 Å². The summed E-state index contributed by atoms with van der Waals surface area (Å²) in [6.45, 7) is 13.5. The molecule has 0 aliphatic carbocycles. The predicted octanol–water partition coefficient (Wildman–Crippen LogP) is 5.87. The van der Waals surface area contributed by atoms with Gasteiger partial charge in [0.2, 0.25) is 0 Å². The van der Waals surface area contributed by atoms with E-state index < -0.39 is 0 Å². The van der Waals surface area contributed by atoms with Gasteiger partial charge in [-0.2, -0.15) is 0 Å². The lowest BCUT2D eigenvalue weighted by Gasteiger charge is -2.30. The lowest BCUT2D eigenvalue weighted by Crippen LogP contribution is -2.20. The van der Waals surface area contributed by atoms with E-state index in [0.29, 0.717) is 0 Å². The number of hydrogen-bond acceptors (Lipinski definition) is 0. The molecule has 0 saturated carbocycles. The number of rotatable bonds is 10. The van der Waals surface area contributed by atoms with Crippen molar-refractivity contribution in [1.82, 2.24) is 0 Å². The maximum atomic E-state index is 4.05. The van der Waals surface area contributed by atoms with Crippen molar-refractivity contribution in [1.29, 1.82) is 0 Å². The van der Waals surface area contributed by atoms with Gasteiger partial charge >= 0.3 is 0 Å². The third kappa shape index (κ3) is 6.55. The average molecular weight is 225 g/mol. The van der Waals surface area contributed by atoms with Crippen molar-refractivity contribution in [3.63, 3.8) is 0 Å². The molecule has 0 aromatic heterocycles. The predicted molar refractivity (Wildman–Crippen MR) is 75.5 cm³/mol. The summed E-state index contributed by atoms with van der Waals surface area (Å²) in [6, 6.07) is 0. The van der Waals surface area contributed by atoms with Crippen LogP contribution >= 0.6 is 0 Å². The minimum Gasteiger partial charge on any atom is -0.0654 e. The minimum absolute atomic E-state index is 0.833. The summed E-state index contributed by atoms with van der Waals surface area (Å²) < 4.78 is 0. The lowest BCUT2D eigenvalue weighted by atomic mass is 9.76. The van der Waals surface area contributed by atoms with Crippen LogP contribution in [0.1, 0.15) is 79.1 Å². The molecule has 0 heterocycles. The fourth-order valence-corrected chi connectivity index (χ4v) is 2.95. The van der Waals surface area contributed by atoms with Crippen LogP contribution in [0, 0.1) is 24.7 Å². The molecule has 0 amide bonds. The molecule has 0 heteroatoms. The van der Waals surface area contributed by atoms with Gasteiger partial charge in [-0.1, -0.05) is 79.6 Å². The van der Waals surface area contributed by atoms with Gasteiger partial charge in [-0.25, -0.2) is 0 Å². The van der Waals surface area contributed by atoms with Gasteiger partial charge in [0.15, 0.2) is 0 Å². The van der Waals surface area contributed by atoms with Crippen LogP contribution in [0.2, 0.25) is 0 Å². The summed E-state index contributed by atoms with van der Waals surface area (Å²) in [7, 11) is 0. The first kappa shape index (κ1) is 16.0. The van der Waals surface area contributed by atoms with E-state index in [1.54, 1.807) is 0 Å². The molecule has 16 heavy (non-hydrogen) atoms. The molecule has 0 fully saturated rings. The molecule has 97 valence electrons. The third-order valence-corrected chi connectivity index (χ3v) is 3.84. The molecule has 1 radical (unpaired) electrons. The third-order valence-electron chi connectivity index (χ3n) is 3.84. The number of hydrogen-bond donors (Lipinski definition) is 0. The second-order valence-corrected chi connectivity index (χ2v) is 5.59. The summed E-state index contributed by atoms with van der Waals surface area (Å²) in [5, 5.41) is 0. The Balaban J connectivity index is 4.20. The van der Waals surface area contributed by atoms with Gasteiger partial charge in [0.05, 0.1) is 0 Å². The van der Waals surface area contributed by atoms with Crippen LogP contribution in [0.15, 0.2) is 0 Å². The van der Waals surface area contributed by atoms with Crippen LogP contribution in [-0.2, 0) is 0 Å². The molecular weight excluding hydrogens is 192 g/mol. The maximum absolute atomic E-state index is 4.05. The monoisotopic (exact) mass is 225 g/mol. The Bertz CT molecular complexity index is 137. The summed E-state index contributed by atoms with van der Waals surface area (Å²) in [4.78, 5) is 0. The molecule has 0 spiro atoms. The van der Waals surface area contributed by atoms with E-state index in [4.69, 9.17) is 0 Å². The Hall–Kier alpha value is 0. The molecular formula is C16H33. The molecule has 2 atom stereocenters. The zero-order valence-electron chi connectivity index (χ0n) is 12.1. The van der Waals surface area contributed by atoms with Gasteiger partial charge in [-0.05, 0) is 24.2 Å². The van der Waals surface area contributed by atoms with Gasteiger partial charge in [0.1, 0.15) is 0 Å². The van der Waals surface area contributed by atoms with E-state index in [1.807, 2.05) is 0 Å². The van der Waals surface area contributed by atoms with Gasteiger partial charge < -0.3 is 0 Å². The highest BCUT2D eigenvalue weighted by atomic mass is 14.3. The van der Waals surface area contributed by atoms with Crippen LogP contribution in [-0.4, -0.2) is 0 Å². The van der Waals surface area contributed by atoms with Crippen molar-refractivity contribution in [2.24, 2.45) is 17.8 Å².